The highest BCUT2D eigenvalue weighted by Crippen LogP contribution is 2.39. The van der Waals surface area contributed by atoms with Crippen molar-refractivity contribution in [2.24, 2.45) is 0 Å². The third kappa shape index (κ3) is 1.48. The zero-order valence-corrected chi connectivity index (χ0v) is 7.85. The highest BCUT2D eigenvalue weighted by molar-refractivity contribution is 8.07. The molecule has 0 bridgehead atoms. The lowest BCUT2D eigenvalue weighted by atomic mass is 10.00. The first-order valence-electron chi connectivity index (χ1n) is 4.20. The van der Waals surface area contributed by atoms with Gasteiger partial charge in [-0.25, -0.2) is 0 Å². The van der Waals surface area contributed by atoms with Crippen LogP contribution in [0.2, 0.25) is 0 Å². The van der Waals surface area contributed by atoms with Gasteiger partial charge in [0.05, 0.1) is 0 Å². The van der Waals surface area contributed by atoms with E-state index in [1.807, 2.05) is 0 Å². The molecule has 2 atom stereocenters. The van der Waals surface area contributed by atoms with E-state index in [4.69, 9.17) is 0 Å². The monoisotopic (exact) mass is 174 g/mol. The average molecular weight is 174 g/mol. The summed E-state index contributed by atoms with van der Waals surface area (Å²) in [4.78, 5) is 0. The van der Waals surface area contributed by atoms with Gasteiger partial charge in [0.1, 0.15) is 0 Å². The molecule has 2 rings (SSSR count). The molecule has 1 aliphatic heterocycles. The highest BCUT2D eigenvalue weighted by Gasteiger charge is 2.28. The minimum Gasteiger partial charge on any atom is -0.157 e. The second-order valence-corrected chi connectivity index (χ2v) is 5.80. The molecule has 0 aromatic carbocycles. The Kier molecular flexibility index (Phi) is 2.50. The van der Waals surface area contributed by atoms with Gasteiger partial charge in [0.2, 0.25) is 0 Å². The van der Waals surface area contributed by atoms with Crippen molar-refractivity contribution in [3.8, 4) is 0 Å². The summed E-state index contributed by atoms with van der Waals surface area (Å²) in [5.74, 6) is 2.82. The fourth-order valence-corrected chi connectivity index (χ4v) is 5.06. The maximum absolute atomic E-state index is 2.23. The van der Waals surface area contributed by atoms with Crippen LogP contribution in [-0.2, 0) is 0 Å². The van der Waals surface area contributed by atoms with Gasteiger partial charge >= 0.3 is 0 Å². The predicted molar refractivity (Wildman–Crippen MR) is 51.0 cm³/mol. The summed E-state index contributed by atoms with van der Waals surface area (Å²) < 4.78 is 0. The van der Waals surface area contributed by atoms with E-state index < -0.39 is 0 Å². The Morgan fingerprint density at radius 2 is 1.30 bits per heavy atom. The van der Waals surface area contributed by atoms with Crippen LogP contribution >= 0.6 is 23.5 Å². The Bertz CT molecular complexity index is 87.8. The van der Waals surface area contributed by atoms with Crippen LogP contribution in [0.4, 0.5) is 0 Å². The minimum atomic E-state index is 1.03. The number of thioether (sulfide) groups is 2. The van der Waals surface area contributed by atoms with Crippen molar-refractivity contribution in [1.82, 2.24) is 0 Å². The Morgan fingerprint density at radius 1 is 0.800 bits per heavy atom. The Labute approximate surface area is 71.5 Å². The van der Waals surface area contributed by atoms with Gasteiger partial charge in [-0.2, -0.15) is 23.5 Å². The van der Waals surface area contributed by atoms with Crippen LogP contribution in [0.5, 0.6) is 0 Å². The molecular formula is C8H14S2. The van der Waals surface area contributed by atoms with E-state index in [0.29, 0.717) is 0 Å². The SMILES string of the molecule is C1CCC2SCCSC2C1. The average Bonchev–Trinajstić information content (AvgIpc) is 2.05. The van der Waals surface area contributed by atoms with E-state index in [1.54, 1.807) is 0 Å². The summed E-state index contributed by atoms with van der Waals surface area (Å²) in [7, 11) is 0. The van der Waals surface area contributed by atoms with Crippen molar-refractivity contribution in [3.05, 3.63) is 0 Å². The van der Waals surface area contributed by atoms with Crippen molar-refractivity contribution >= 4 is 23.5 Å². The Balaban J connectivity index is 1.93. The lowest BCUT2D eigenvalue weighted by molar-refractivity contribution is 0.526. The topological polar surface area (TPSA) is 0 Å². The van der Waals surface area contributed by atoms with Crippen molar-refractivity contribution in [3.63, 3.8) is 0 Å². The van der Waals surface area contributed by atoms with Crippen molar-refractivity contribution in [2.75, 3.05) is 11.5 Å². The molecule has 2 aliphatic rings. The molecular weight excluding hydrogens is 160 g/mol. The van der Waals surface area contributed by atoms with Crippen LogP contribution in [0, 0.1) is 0 Å². The van der Waals surface area contributed by atoms with E-state index in [0.717, 1.165) is 10.5 Å². The van der Waals surface area contributed by atoms with Gasteiger partial charge < -0.3 is 0 Å². The largest absolute Gasteiger partial charge is 0.157 e. The van der Waals surface area contributed by atoms with Gasteiger partial charge in [-0.1, -0.05) is 12.8 Å². The van der Waals surface area contributed by atoms with Crippen LogP contribution in [0.25, 0.3) is 0 Å². The molecule has 0 spiro atoms. The summed E-state index contributed by atoms with van der Waals surface area (Å²) in [5, 5.41) is 2.07. The van der Waals surface area contributed by atoms with E-state index in [-0.39, 0.29) is 0 Å². The van der Waals surface area contributed by atoms with Crippen LogP contribution in [-0.4, -0.2) is 22.0 Å². The number of rotatable bonds is 0. The molecule has 0 radical (unpaired) electrons. The normalized spacial score (nSPS) is 40.8. The molecule has 58 valence electrons. The zero-order valence-electron chi connectivity index (χ0n) is 6.21. The quantitative estimate of drug-likeness (QED) is 0.554. The van der Waals surface area contributed by atoms with Gasteiger partial charge in [-0.3, -0.25) is 0 Å². The third-order valence-corrected chi connectivity index (χ3v) is 5.68. The summed E-state index contributed by atoms with van der Waals surface area (Å²) in [5.41, 5.74) is 0. The molecule has 2 fully saturated rings. The number of fused-ring (bicyclic) bond motifs is 1. The zero-order chi connectivity index (χ0) is 6.81. The van der Waals surface area contributed by atoms with Crippen LogP contribution in [0.1, 0.15) is 25.7 Å². The van der Waals surface area contributed by atoms with Gasteiger partial charge in [0.25, 0.3) is 0 Å². The summed E-state index contributed by atoms with van der Waals surface area (Å²) in [6.45, 7) is 0. The molecule has 1 heterocycles. The van der Waals surface area contributed by atoms with Crippen molar-refractivity contribution in [2.45, 2.75) is 36.2 Å². The molecule has 2 heteroatoms. The van der Waals surface area contributed by atoms with Crippen LogP contribution in [0.15, 0.2) is 0 Å². The Morgan fingerprint density at radius 3 is 1.80 bits per heavy atom. The van der Waals surface area contributed by atoms with Gasteiger partial charge in [0, 0.05) is 22.0 Å². The standard InChI is InChI=1S/C8H14S2/c1-2-4-8-7(3-1)9-5-6-10-8/h7-8H,1-6H2. The van der Waals surface area contributed by atoms with Crippen molar-refractivity contribution in [1.29, 1.82) is 0 Å². The molecule has 1 saturated carbocycles. The fourth-order valence-electron chi connectivity index (χ4n) is 1.84. The second kappa shape index (κ2) is 3.40. The van der Waals surface area contributed by atoms with Crippen LogP contribution in [0.3, 0.4) is 0 Å². The lowest BCUT2D eigenvalue weighted by Crippen LogP contribution is -2.28. The Hall–Kier alpha value is 0.700. The molecule has 0 amide bonds. The minimum absolute atomic E-state index is 1.03. The maximum Gasteiger partial charge on any atom is 0.0166 e. The molecule has 0 nitrogen and oxygen atoms in total. The van der Waals surface area contributed by atoms with E-state index in [1.165, 1.54) is 37.2 Å². The summed E-state index contributed by atoms with van der Waals surface area (Å²) in [6.07, 6.45) is 5.99. The lowest BCUT2D eigenvalue weighted by Gasteiger charge is -2.34. The smallest absolute Gasteiger partial charge is 0.0166 e. The third-order valence-electron chi connectivity index (χ3n) is 2.39. The van der Waals surface area contributed by atoms with Gasteiger partial charge in [-0.15, -0.1) is 0 Å². The molecule has 0 aromatic rings. The highest BCUT2D eigenvalue weighted by atomic mass is 32.2. The molecule has 0 N–H and O–H groups in total. The predicted octanol–water partition coefficient (Wildman–Crippen LogP) is 2.78. The van der Waals surface area contributed by atoms with Crippen molar-refractivity contribution < 1.29 is 0 Å². The number of hydrogen-bond acceptors (Lipinski definition) is 2. The molecule has 1 aliphatic carbocycles. The molecule has 2 unspecified atom stereocenters. The van der Waals surface area contributed by atoms with Crippen LogP contribution < -0.4 is 0 Å². The van der Waals surface area contributed by atoms with Gasteiger partial charge in [0.15, 0.2) is 0 Å². The number of hydrogen-bond donors (Lipinski definition) is 0. The first-order chi connectivity index (χ1) is 4.97. The van der Waals surface area contributed by atoms with Gasteiger partial charge in [-0.05, 0) is 12.8 Å². The fraction of sp³-hybridized carbons (Fsp3) is 1.00. The van der Waals surface area contributed by atoms with E-state index in [9.17, 15) is 0 Å². The molecule has 0 aromatic heterocycles. The first-order valence-corrected chi connectivity index (χ1v) is 6.30. The molecule has 10 heavy (non-hydrogen) atoms. The second-order valence-electron chi connectivity index (χ2n) is 3.10. The first kappa shape index (κ1) is 7.35. The summed E-state index contributed by atoms with van der Waals surface area (Å²) in [6, 6.07) is 0. The summed E-state index contributed by atoms with van der Waals surface area (Å²) >= 11 is 4.45. The maximum atomic E-state index is 2.23. The van der Waals surface area contributed by atoms with E-state index in [2.05, 4.69) is 23.5 Å². The molecule has 1 saturated heterocycles. The van der Waals surface area contributed by atoms with E-state index >= 15 is 0 Å².